The molecule has 0 bridgehead atoms. The van der Waals surface area contributed by atoms with Gasteiger partial charge in [-0.3, -0.25) is 4.98 Å². The summed E-state index contributed by atoms with van der Waals surface area (Å²) in [6.07, 6.45) is 7.60. The highest BCUT2D eigenvalue weighted by Crippen LogP contribution is 2.24. The molecule has 2 heterocycles. The standard InChI is InChI=1S/C12H15N3/c1-3-4-9(2)12-10-7-13-8-15-11(10)5-6-14-12/h5-9H,3-4H2,1-2H3. The van der Waals surface area contributed by atoms with E-state index in [2.05, 4.69) is 28.8 Å². The molecule has 0 aliphatic heterocycles. The zero-order valence-corrected chi connectivity index (χ0v) is 9.14. The third kappa shape index (κ3) is 1.96. The van der Waals surface area contributed by atoms with Crippen molar-refractivity contribution >= 4 is 10.9 Å². The van der Waals surface area contributed by atoms with Gasteiger partial charge in [0.05, 0.1) is 11.2 Å². The number of hydrogen-bond donors (Lipinski definition) is 0. The first kappa shape index (κ1) is 10.0. The zero-order valence-electron chi connectivity index (χ0n) is 9.14. The van der Waals surface area contributed by atoms with Gasteiger partial charge < -0.3 is 0 Å². The van der Waals surface area contributed by atoms with Gasteiger partial charge >= 0.3 is 0 Å². The minimum atomic E-state index is 0.477. The Kier molecular flexibility index (Phi) is 2.90. The predicted molar refractivity (Wildman–Crippen MR) is 60.7 cm³/mol. The van der Waals surface area contributed by atoms with Gasteiger partial charge in [-0.1, -0.05) is 20.3 Å². The molecule has 0 saturated carbocycles. The van der Waals surface area contributed by atoms with Crippen LogP contribution in [0.1, 0.15) is 38.3 Å². The molecule has 2 aromatic heterocycles. The highest BCUT2D eigenvalue weighted by Gasteiger charge is 2.10. The van der Waals surface area contributed by atoms with E-state index in [4.69, 9.17) is 0 Å². The van der Waals surface area contributed by atoms with Gasteiger partial charge in [-0.15, -0.1) is 0 Å². The molecule has 1 unspecified atom stereocenters. The molecule has 0 spiro atoms. The Labute approximate surface area is 89.6 Å². The smallest absolute Gasteiger partial charge is 0.116 e. The number of fused-ring (bicyclic) bond motifs is 1. The van der Waals surface area contributed by atoms with Crippen LogP contribution in [0.25, 0.3) is 10.9 Å². The normalized spacial score (nSPS) is 12.9. The third-order valence-corrected chi connectivity index (χ3v) is 2.65. The molecule has 0 N–H and O–H groups in total. The lowest BCUT2D eigenvalue weighted by Gasteiger charge is -2.11. The lowest BCUT2D eigenvalue weighted by molar-refractivity contribution is 0.652. The van der Waals surface area contributed by atoms with Crippen LogP contribution in [0.2, 0.25) is 0 Å². The molecule has 3 heteroatoms. The van der Waals surface area contributed by atoms with Gasteiger partial charge in [0.25, 0.3) is 0 Å². The second-order valence-corrected chi connectivity index (χ2v) is 3.84. The molecular formula is C12H15N3. The number of aromatic nitrogens is 3. The van der Waals surface area contributed by atoms with E-state index in [9.17, 15) is 0 Å². The molecule has 0 aliphatic carbocycles. The third-order valence-electron chi connectivity index (χ3n) is 2.65. The Morgan fingerprint density at radius 3 is 3.00 bits per heavy atom. The van der Waals surface area contributed by atoms with Crippen LogP contribution in [-0.2, 0) is 0 Å². The second-order valence-electron chi connectivity index (χ2n) is 3.84. The van der Waals surface area contributed by atoms with Crippen LogP contribution in [0.5, 0.6) is 0 Å². The van der Waals surface area contributed by atoms with E-state index < -0.39 is 0 Å². The average molecular weight is 201 g/mol. The predicted octanol–water partition coefficient (Wildman–Crippen LogP) is 2.93. The number of pyridine rings is 1. The largest absolute Gasteiger partial charge is 0.260 e. The summed E-state index contributed by atoms with van der Waals surface area (Å²) in [5.41, 5.74) is 2.10. The number of rotatable bonds is 3. The van der Waals surface area contributed by atoms with Gasteiger partial charge in [-0.05, 0) is 18.4 Å². The summed E-state index contributed by atoms with van der Waals surface area (Å²) < 4.78 is 0. The lowest BCUT2D eigenvalue weighted by Crippen LogP contribution is -1.98. The van der Waals surface area contributed by atoms with E-state index >= 15 is 0 Å². The maximum absolute atomic E-state index is 4.45. The SMILES string of the molecule is CCCC(C)c1nccc2ncncc12. The molecule has 0 radical (unpaired) electrons. The first-order valence-corrected chi connectivity index (χ1v) is 5.37. The molecule has 15 heavy (non-hydrogen) atoms. The molecule has 0 saturated heterocycles. The van der Waals surface area contributed by atoms with E-state index in [1.165, 1.54) is 6.42 Å². The van der Waals surface area contributed by atoms with Crippen molar-refractivity contribution < 1.29 is 0 Å². The summed E-state index contributed by atoms with van der Waals surface area (Å²) in [5, 5.41) is 1.08. The van der Waals surface area contributed by atoms with Crippen LogP contribution in [0.3, 0.4) is 0 Å². The fraction of sp³-hybridized carbons (Fsp3) is 0.417. The van der Waals surface area contributed by atoms with Crippen molar-refractivity contribution in [1.29, 1.82) is 0 Å². The molecule has 2 rings (SSSR count). The second kappa shape index (κ2) is 4.34. The molecular weight excluding hydrogens is 186 g/mol. The quantitative estimate of drug-likeness (QED) is 0.766. The Bertz CT molecular complexity index is 448. The molecule has 0 amide bonds. The van der Waals surface area contributed by atoms with E-state index in [1.807, 2.05) is 18.5 Å². The van der Waals surface area contributed by atoms with E-state index in [0.29, 0.717) is 5.92 Å². The zero-order chi connectivity index (χ0) is 10.7. The molecule has 2 aromatic rings. The van der Waals surface area contributed by atoms with Gasteiger partial charge in [0.15, 0.2) is 0 Å². The Morgan fingerprint density at radius 2 is 2.20 bits per heavy atom. The van der Waals surface area contributed by atoms with Crippen LogP contribution >= 0.6 is 0 Å². The van der Waals surface area contributed by atoms with Gasteiger partial charge in [0, 0.05) is 17.8 Å². The lowest BCUT2D eigenvalue weighted by atomic mass is 9.99. The Balaban J connectivity index is 2.50. The summed E-state index contributed by atoms with van der Waals surface area (Å²) >= 11 is 0. The van der Waals surface area contributed by atoms with E-state index in [0.717, 1.165) is 23.0 Å². The van der Waals surface area contributed by atoms with Crippen molar-refractivity contribution in [3.63, 3.8) is 0 Å². The summed E-state index contributed by atoms with van der Waals surface area (Å²) in [6.45, 7) is 4.40. The summed E-state index contributed by atoms with van der Waals surface area (Å²) in [6, 6.07) is 1.93. The van der Waals surface area contributed by atoms with Crippen molar-refractivity contribution in [2.45, 2.75) is 32.6 Å². The minimum absolute atomic E-state index is 0.477. The maximum Gasteiger partial charge on any atom is 0.116 e. The van der Waals surface area contributed by atoms with Crippen LogP contribution in [0, 0.1) is 0 Å². The van der Waals surface area contributed by atoms with Crippen LogP contribution in [0.15, 0.2) is 24.8 Å². The monoisotopic (exact) mass is 201 g/mol. The van der Waals surface area contributed by atoms with Crippen LogP contribution in [-0.4, -0.2) is 15.0 Å². The van der Waals surface area contributed by atoms with Crippen LogP contribution in [0.4, 0.5) is 0 Å². The molecule has 3 nitrogen and oxygen atoms in total. The first-order chi connectivity index (χ1) is 7.33. The first-order valence-electron chi connectivity index (χ1n) is 5.37. The van der Waals surface area contributed by atoms with E-state index in [-0.39, 0.29) is 0 Å². The summed E-state index contributed by atoms with van der Waals surface area (Å²) in [4.78, 5) is 12.7. The van der Waals surface area contributed by atoms with Gasteiger partial charge in [0.2, 0.25) is 0 Å². The fourth-order valence-corrected chi connectivity index (χ4v) is 1.89. The van der Waals surface area contributed by atoms with Gasteiger partial charge in [-0.25, -0.2) is 9.97 Å². The van der Waals surface area contributed by atoms with Crippen LogP contribution < -0.4 is 0 Å². The summed E-state index contributed by atoms with van der Waals surface area (Å²) in [5.74, 6) is 0.477. The number of nitrogens with zero attached hydrogens (tertiary/aromatic N) is 3. The van der Waals surface area contributed by atoms with Gasteiger partial charge in [0.1, 0.15) is 6.33 Å². The number of hydrogen-bond acceptors (Lipinski definition) is 3. The van der Waals surface area contributed by atoms with Crippen molar-refractivity contribution in [2.24, 2.45) is 0 Å². The highest BCUT2D eigenvalue weighted by molar-refractivity contribution is 5.79. The molecule has 0 fully saturated rings. The van der Waals surface area contributed by atoms with E-state index in [1.54, 1.807) is 6.33 Å². The highest BCUT2D eigenvalue weighted by atomic mass is 14.8. The average Bonchev–Trinajstić information content (AvgIpc) is 2.28. The maximum atomic E-state index is 4.45. The molecule has 78 valence electrons. The minimum Gasteiger partial charge on any atom is -0.260 e. The summed E-state index contributed by atoms with van der Waals surface area (Å²) in [7, 11) is 0. The van der Waals surface area contributed by atoms with Crippen molar-refractivity contribution in [2.75, 3.05) is 0 Å². The Morgan fingerprint density at radius 1 is 1.33 bits per heavy atom. The van der Waals surface area contributed by atoms with Crippen molar-refractivity contribution in [3.05, 3.63) is 30.5 Å². The van der Waals surface area contributed by atoms with Crippen molar-refractivity contribution in [3.8, 4) is 0 Å². The topological polar surface area (TPSA) is 38.7 Å². The van der Waals surface area contributed by atoms with Crippen molar-refractivity contribution in [1.82, 2.24) is 15.0 Å². The van der Waals surface area contributed by atoms with Gasteiger partial charge in [-0.2, -0.15) is 0 Å². The molecule has 1 atom stereocenters. The Hall–Kier alpha value is -1.51. The molecule has 0 aromatic carbocycles. The fourth-order valence-electron chi connectivity index (χ4n) is 1.89. The molecule has 0 aliphatic rings.